The second-order valence-electron chi connectivity index (χ2n) is 5.04. The predicted octanol–water partition coefficient (Wildman–Crippen LogP) is 2.94. The Balaban J connectivity index is 1.70. The Morgan fingerprint density at radius 3 is 2.67 bits per heavy atom. The predicted molar refractivity (Wildman–Crippen MR) is 87.6 cm³/mol. The van der Waals surface area contributed by atoms with E-state index in [4.69, 9.17) is 11.6 Å². The van der Waals surface area contributed by atoms with Crippen LogP contribution < -0.4 is 5.32 Å². The zero-order chi connectivity index (χ0) is 17.1. The Bertz CT molecular complexity index is 858. The van der Waals surface area contributed by atoms with Gasteiger partial charge in [-0.3, -0.25) is 9.36 Å². The van der Waals surface area contributed by atoms with Crippen molar-refractivity contribution < 1.29 is 9.18 Å². The Morgan fingerprint density at radius 1 is 1.29 bits per heavy atom. The van der Waals surface area contributed by atoms with Crippen LogP contribution in [0.25, 0.3) is 5.95 Å². The number of rotatable bonds is 4. The summed E-state index contributed by atoms with van der Waals surface area (Å²) in [7, 11) is 0. The lowest BCUT2D eigenvalue weighted by atomic mass is 10.1. The van der Waals surface area contributed by atoms with Gasteiger partial charge in [0.25, 0.3) is 0 Å². The van der Waals surface area contributed by atoms with Crippen molar-refractivity contribution in [3.8, 4) is 5.95 Å². The van der Waals surface area contributed by atoms with Crippen LogP contribution in [-0.4, -0.2) is 25.4 Å². The number of aromatic nitrogens is 4. The topological polar surface area (TPSA) is 72.7 Å². The summed E-state index contributed by atoms with van der Waals surface area (Å²) in [5.41, 5.74) is 0.567. The molecule has 2 heterocycles. The number of anilines is 1. The highest BCUT2D eigenvalue weighted by molar-refractivity contribution is 6.31. The van der Waals surface area contributed by atoms with Gasteiger partial charge in [-0.05, 0) is 19.1 Å². The largest absolute Gasteiger partial charge is 0.323 e. The van der Waals surface area contributed by atoms with Crippen LogP contribution in [0.1, 0.15) is 11.4 Å². The third-order valence-corrected chi connectivity index (χ3v) is 3.72. The van der Waals surface area contributed by atoms with Crippen molar-refractivity contribution in [3.63, 3.8) is 0 Å². The van der Waals surface area contributed by atoms with Gasteiger partial charge in [-0.25, -0.2) is 19.3 Å². The Kier molecular flexibility index (Phi) is 4.52. The molecule has 1 aromatic carbocycles. The van der Waals surface area contributed by atoms with Gasteiger partial charge in [-0.2, -0.15) is 0 Å². The lowest BCUT2D eigenvalue weighted by Gasteiger charge is -2.08. The van der Waals surface area contributed by atoms with Gasteiger partial charge in [0, 0.05) is 23.0 Å². The van der Waals surface area contributed by atoms with E-state index in [1.807, 2.05) is 6.92 Å². The molecule has 122 valence electrons. The molecule has 1 N–H and O–H groups in total. The fourth-order valence-corrected chi connectivity index (χ4v) is 2.40. The summed E-state index contributed by atoms with van der Waals surface area (Å²) < 4.78 is 15.4. The van der Waals surface area contributed by atoms with E-state index < -0.39 is 11.7 Å². The van der Waals surface area contributed by atoms with Crippen LogP contribution in [0.15, 0.2) is 43.0 Å². The fraction of sp³-hybridized carbons (Fsp3) is 0.125. The van der Waals surface area contributed by atoms with E-state index in [1.165, 1.54) is 24.5 Å². The van der Waals surface area contributed by atoms with E-state index in [0.717, 1.165) is 5.82 Å². The van der Waals surface area contributed by atoms with Crippen LogP contribution in [0.5, 0.6) is 0 Å². The number of halogens is 2. The van der Waals surface area contributed by atoms with E-state index in [-0.39, 0.29) is 17.0 Å². The van der Waals surface area contributed by atoms with E-state index >= 15 is 0 Å². The standard InChI is InChI=1S/C16H13ClFN5O/c1-10-19-5-6-23(10)16-20-8-11(9-21-16)22-15(24)7-12-13(17)3-2-4-14(12)18/h2-6,8-9H,7H2,1H3,(H,22,24). The first-order chi connectivity index (χ1) is 11.5. The minimum absolute atomic E-state index is 0.156. The van der Waals surface area contributed by atoms with E-state index in [1.54, 1.807) is 23.0 Å². The summed E-state index contributed by atoms with van der Waals surface area (Å²) in [6.45, 7) is 1.83. The molecule has 3 rings (SSSR count). The molecular formula is C16H13ClFN5O. The monoisotopic (exact) mass is 345 g/mol. The quantitative estimate of drug-likeness (QED) is 0.789. The van der Waals surface area contributed by atoms with Crippen LogP contribution in [0.4, 0.5) is 10.1 Å². The van der Waals surface area contributed by atoms with Crippen molar-refractivity contribution in [2.24, 2.45) is 0 Å². The SMILES string of the molecule is Cc1nccn1-c1ncc(NC(=O)Cc2c(F)cccc2Cl)cn1. The highest BCUT2D eigenvalue weighted by Crippen LogP contribution is 2.20. The number of hydrogen-bond acceptors (Lipinski definition) is 4. The van der Waals surface area contributed by atoms with E-state index in [2.05, 4.69) is 20.3 Å². The molecule has 24 heavy (non-hydrogen) atoms. The normalized spacial score (nSPS) is 10.6. The van der Waals surface area contributed by atoms with Gasteiger partial charge >= 0.3 is 0 Å². The fourth-order valence-electron chi connectivity index (χ4n) is 2.17. The number of nitrogens with zero attached hydrogens (tertiary/aromatic N) is 4. The molecule has 1 amide bonds. The molecule has 0 aliphatic rings. The lowest BCUT2D eigenvalue weighted by molar-refractivity contribution is -0.115. The maximum absolute atomic E-state index is 13.7. The highest BCUT2D eigenvalue weighted by Gasteiger charge is 2.12. The molecule has 3 aromatic rings. The third kappa shape index (κ3) is 3.41. The Morgan fingerprint density at radius 2 is 2.04 bits per heavy atom. The van der Waals surface area contributed by atoms with Crippen LogP contribution in [-0.2, 0) is 11.2 Å². The first-order valence-electron chi connectivity index (χ1n) is 7.09. The molecule has 0 saturated heterocycles. The van der Waals surface area contributed by atoms with Crippen LogP contribution in [0.3, 0.4) is 0 Å². The van der Waals surface area contributed by atoms with Gasteiger partial charge < -0.3 is 5.32 Å². The van der Waals surface area contributed by atoms with Crippen LogP contribution in [0.2, 0.25) is 5.02 Å². The Labute approximate surface area is 142 Å². The summed E-state index contributed by atoms with van der Waals surface area (Å²) in [5, 5.41) is 2.83. The van der Waals surface area contributed by atoms with Gasteiger partial charge in [0.1, 0.15) is 11.6 Å². The molecule has 0 radical (unpaired) electrons. The maximum Gasteiger partial charge on any atom is 0.235 e. The molecule has 0 atom stereocenters. The average Bonchev–Trinajstić information content (AvgIpc) is 2.98. The van der Waals surface area contributed by atoms with Crippen molar-refractivity contribution in [2.75, 3.05) is 5.32 Å². The zero-order valence-corrected chi connectivity index (χ0v) is 13.5. The first-order valence-corrected chi connectivity index (χ1v) is 7.47. The lowest BCUT2D eigenvalue weighted by Crippen LogP contribution is -2.16. The summed E-state index contributed by atoms with van der Waals surface area (Å²) in [6.07, 6.45) is 6.16. The number of benzene rings is 1. The molecule has 0 unspecified atom stereocenters. The average molecular weight is 346 g/mol. The van der Waals surface area contributed by atoms with Gasteiger partial charge in [0.05, 0.1) is 24.5 Å². The van der Waals surface area contributed by atoms with Gasteiger partial charge in [0.15, 0.2) is 0 Å². The van der Waals surface area contributed by atoms with Crippen molar-refractivity contribution >= 4 is 23.2 Å². The summed E-state index contributed by atoms with van der Waals surface area (Å²) >= 11 is 5.92. The van der Waals surface area contributed by atoms with Crippen molar-refractivity contribution in [1.29, 1.82) is 0 Å². The molecule has 0 aliphatic carbocycles. The molecular weight excluding hydrogens is 333 g/mol. The number of amides is 1. The maximum atomic E-state index is 13.7. The van der Waals surface area contributed by atoms with Crippen LogP contribution in [0, 0.1) is 12.7 Å². The number of aryl methyl sites for hydroxylation is 1. The Hall–Kier alpha value is -2.80. The number of imidazole rings is 1. The molecule has 6 nitrogen and oxygen atoms in total. The van der Waals surface area contributed by atoms with Crippen LogP contribution >= 0.6 is 11.6 Å². The third-order valence-electron chi connectivity index (χ3n) is 3.36. The van der Waals surface area contributed by atoms with Crippen molar-refractivity contribution in [1.82, 2.24) is 19.5 Å². The summed E-state index contributed by atoms with van der Waals surface area (Å²) in [4.78, 5) is 24.5. The zero-order valence-electron chi connectivity index (χ0n) is 12.7. The van der Waals surface area contributed by atoms with Crippen molar-refractivity contribution in [3.05, 3.63) is 65.2 Å². The molecule has 0 saturated carbocycles. The van der Waals surface area contributed by atoms with Gasteiger partial charge in [-0.1, -0.05) is 17.7 Å². The molecule has 0 fully saturated rings. The highest BCUT2D eigenvalue weighted by atomic mass is 35.5. The smallest absolute Gasteiger partial charge is 0.235 e. The number of carbonyl (C=O) groups excluding carboxylic acids is 1. The minimum Gasteiger partial charge on any atom is -0.323 e. The van der Waals surface area contributed by atoms with Crippen molar-refractivity contribution in [2.45, 2.75) is 13.3 Å². The number of nitrogens with one attached hydrogen (secondary N) is 1. The summed E-state index contributed by atoms with van der Waals surface area (Å²) in [6, 6.07) is 4.29. The van der Waals surface area contributed by atoms with Gasteiger partial charge in [0.2, 0.25) is 11.9 Å². The molecule has 0 spiro atoms. The van der Waals surface area contributed by atoms with Gasteiger partial charge in [-0.15, -0.1) is 0 Å². The second kappa shape index (κ2) is 6.76. The second-order valence-corrected chi connectivity index (χ2v) is 5.45. The molecule has 8 heteroatoms. The summed E-state index contributed by atoms with van der Waals surface area (Å²) in [5.74, 6) is 0.276. The molecule has 0 bridgehead atoms. The first kappa shape index (κ1) is 16.1. The minimum atomic E-state index is -0.514. The van der Waals surface area contributed by atoms with E-state index in [0.29, 0.717) is 11.6 Å². The molecule has 2 aromatic heterocycles. The number of carbonyl (C=O) groups is 1. The number of hydrogen-bond donors (Lipinski definition) is 1. The van der Waals surface area contributed by atoms with E-state index in [9.17, 15) is 9.18 Å². The molecule has 0 aliphatic heterocycles.